The summed E-state index contributed by atoms with van der Waals surface area (Å²) in [6, 6.07) is 1.87. The second-order valence-electron chi connectivity index (χ2n) is 3.09. The molecule has 1 aromatic rings. The van der Waals surface area contributed by atoms with Gasteiger partial charge in [-0.3, -0.25) is 4.98 Å². The summed E-state index contributed by atoms with van der Waals surface area (Å²) in [6.45, 7) is 1.87. The summed E-state index contributed by atoms with van der Waals surface area (Å²) in [4.78, 5) is 6.02. The van der Waals surface area contributed by atoms with E-state index in [0.29, 0.717) is 5.02 Å². The predicted molar refractivity (Wildman–Crippen MR) is 56.3 cm³/mol. The number of hydrogen-bond donors (Lipinski definition) is 1. The number of likely N-dealkylation sites (N-methyl/N-ethyl adjacent to an activating group) is 1. The summed E-state index contributed by atoms with van der Waals surface area (Å²) in [6.07, 6.45) is 3.36. The van der Waals surface area contributed by atoms with Crippen LogP contribution in [-0.2, 0) is 0 Å². The van der Waals surface area contributed by atoms with Crippen molar-refractivity contribution >= 4 is 17.3 Å². The minimum Gasteiger partial charge on any atom is -0.382 e. The summed E-state index contributed by atoms with van der Waals surface area (Å²) in [5, 5.41) is 3.90. The molecule has 0 fully saturated rings. The fraction of sp³-hybridized carbons (Fsp3) is 0.444. The average Bonchev–Trinajstić information content (AvgIpc) is 2.08. The molecule has 0 radical (unpaired) electrons. The first-order chi connectivity index (χ1) is 6.20. The molecule has 1 N–H and O–H groups in total. The first-order valence-corrected chi connectivity index (χ1v) is 4.56. The molecule has 0 aromatic carbocycles. The molecule has 0 unspecified atom stereocenters. The summed E-state index contributed by atoms with van der Waals surface area (Å²) in [7, 11) is 4.08. The van der Waals surface area contributed by atoms with E-state index in [2.05, 4.69) is 15.2 Å². The maximum absolute atomic E-state index is 5.90. The average molecular weight is 200 g/mol. The monoisotopic (exact) mass is 199 g/mol. The zero-order valence-electron chi connectivity index (χ0n) is 7.92. The van der Waals surface area contributed by atoms with Gasteiger partial charge in [0.25, 0.3) is 0 Å². The summed E-state index contributed by atoms with van der Waals surface area (Å²) < 4.78 is 0. The Morgan fingerprint density at radius 1 is 1.54 bits per heavy atom. The van der Waals surface area contributed by atoms with Crippen LogP contribution < -0.4 is 5.32 Å². The van der Waals surface area contributed by atoms with E-state index in [-0.39, 0.29) is 0 Å². The fourth-order valence-corrected chi connectivity index (χ4v) is 1.12. The van der Waals surface area contributed by atoms with Crippen LogP contribution in [0.3, 0.4) is 0 Å². The molecule has 1 heterocycles. The first kappa shape index (κ1) is 10.3. The SMILES string of the molecule is CN(C)CCNc1ccncc1Cl. The number of nitrogens with zero attached hydrogens (tertiary/aromatic N) is 2. The number of nitrogens with one attached hydrogen (secondary N) is 1. The van der Waals surface area contributed by atoms with E-state index in [1.54, 1.807) is 12.4 Å². The molecular weight excluding hydrogens is 186 g/mol. The molecule has 72 valence electrons. The van der Waals surface area contributed by atoms with Crippen LogP contribution in [0.15, 0.2) is 18.5 Å². The molecule has 1 rings (SSSR count). The van der Waals surface area contributed by atoms with Crippen LogP contribution in [0.4, 0.5) is 5.69 Å². The van der Waals surface area contributed by atoms with E-state index >= 15 is 0 Å². The lowest BCUT2D eigenvalue weighted by molar-refractivity contribution is 0.425. The topological polar surface area (TPSA) is 28.2 Å². The van der Waals surface area contributed by atoms with E-state index in [4.69, 9.17) is 11.6 Å². The summed E-state index contributed by atoms with van der Waals surface area (Å²) >= 11 is 5.90. The van der Waals surface area contributed by atoms with E-state index in [0.717, 1.165) is 18.8 Å². The van der Waals surface area contributed by atoms with Crippen molar-refractivity contribution in [3.8, 4) is 0 Å². The maximum Gasteiger partial charge on any atom is 0.0820 e. The van der Waals surface area contributed by atoms with Crippen LogP contribution in [0.25, 0.3) is 0 Å². The minimum absolute atomic E-state index is 0.668. The number of hydrogen-bond acceptors (Lipinski definition) is 3. The smallest absolute Gasteiger partial charge is 0.0820 e. The second kappa shape index (κ2) is 5.04. The lowest BCUT2D eigenvalue weighted by Crippen LogP contribution is -2.20. The number of halogens is 1. The number of pyridine rings is 1. The Bertz CT molecular complexity index is 263. The standard InChI is InChI=1S/C9H14ClN3/c1-13(2)6-5-12-9-3-4-11-7-8(9)10/h3-4,7H,5-6H2,1-2H3,(H,11,12). The van der Waals surface area contributed by atoms with Gasteiger partial charge in [0.15, 0.2) is 0 Å². The number of aromatic nitrogens is 1. The van der Waals surface area contributed by atoms with Gasteiger partial charge in [0.2, 0.25) is 0 Å². The summed E-state index contributed by atoms with van der Waals surface area (Å²) in [5.74, 6) is 0. The fourth-order valence-electron chi connectivity index (χ4n) is 0.933. The molecule has 0 amide bonds. The molecule has 0 saturated heterocycles. The molecule has 0 aliphatic rings. The van der Waals surface area contributed by atoms with Gasteiger partial charge in [-0.25, -0.2) is 0 Å². The van der Waals surface area contributed by atoms with Crippen LogP contribution in [0.2, 0.25) is 5.02 Å². The third kappa shape index (κ3) is 3.61. The first-order valence-electron chi connectivity index (χ1n) is 4.18. The van der Waals surface area contributed by atoms with Crippen LogP contribution in [0, 0.1) is 0 Å². The van der Waals surface area contributed by atoms with Gasteiger partial charge in [-0.2, -0.15) is 0 Å². The molecule has 0 aliphatic carbocycles. The molecule has 0 saturated carbocycles. The van der Waals surface area contributed by atoms with Gasteiger partial charge in [-0.05, 0) is 20.2 Å². The van der Waals surface area contributed by atoms with Crippen molar-refractivity contribution in [1.82, 2.24) is 9.88 Å². The Labute approximate surface area is 83.7 Å². The molecule has 13 heavy (non-hydrogen) atoms. The van der Waals surface area contributed by atoms with Crippen LogP contribution in [0.5, 0.6) is 0 Å². The number of rotatable bonds is 4. The molecule has 4 heteroatoms. The highest BCUT2D eigenvalue weighted by Gasteiger charge is 1.97. The van der Waals surface area contributed by atoms with Gasteiger partial charge in [0.1, 0.15) is 0 Å². The van der Waals surface area contributed by atoms with Crippen molar-refractivity contribution in [3.05, 3.63) is 23.5 Å². The third-order valence-corrected chi connectivity index (χ3v) is 1.95. The van der Waals surface area contributed by atoms with Crippen molar-refractivity contribution in [2.75, 3.05) is 32.5 Å². The minimum atomic E-state index is 0.668. The van der Waals surface area contributed by atoms with Crippen molar-refractivity contribution < 1.29 is 0 Å². The molecule has 0 spiro atoms. The molecular formula is C9H14ClN3. The van der Waals surface area contributed by atoms with Crippen molar-refractivity contribution in [1.29, 1.82) is 0 Å². The molecule has 0 aliphatic heterocycles. The predicted octanol–water partition coefficient (Wildman–Crippen LogP) is 1.71. The van der Waals surface area contributed by atoms with Crippen LogP contribution in [-0.4, -0.2) is 37.1 Å². The number of anilines is 1. The zero-order chi connectivity index (χ0) is 9.68. The van der Waals surface area contributed by atoms with Gasteiger partial charge in [-0.1, -0.05) is 11.6 Å². The van der Waals surface area contributed by atoms with Gasteiger partial charge < -0.3 is 10.2 Å². The molecule has 0 atom stereocenters. The second-order valence-corrected chi connectivity index (χ2v) is 3.49. The van der Waals surface area contributed by atoms with Crippen LogP contribution in [0.1, 0.15) is 0 Å². The maximum atomic E-state index is 5.90. The molecule has 3 nitrogen and oxygen atoms in total. The third-order valence-electron chi connectivity index (χ3n) is 1.65. The quantitative estimate of drug-likeness (QED) is 0.801. The van der Waals surface area contributed by atoms with Crippen molar-refractivity contribution in [2.24, 2.45) is 0 Å². The Hall–Kier alpha value is -0.800. The van der Waals surface area contributed by atoms with Crippen molar-refractivity contribution in [3.63, 3.8) is 0 Å². The zero-order valence-corrected chi connectivity index (χ0v) is 8.67. The highest BCUT2D eigenvalue weighted by Crippen LogP contribution is 2.18. The Kier molecular flexibility index (Phi) is 3.99. The van der Waals surface area contributed by atoms with Crippen LogP contribution >= 0.6 is 11.6 Å². The molecule has 1 aromatic heterocycles. The Balaban J connectivity index is 2.41. The van der Waals surface area contributed by atoms with Gasteiger partial charge in [0, 0.05) is 25.5 Å². The lowest BCUT2D eigenvalue weighted by atomic mass is 10.4. The van der Waals surface area contributed by atoms with E-state index in [1.165, 1.54) is 0 Å². The van der Waals surface area contributed by atoms with Gasteiger partial charge >= 0.3 is 0 Å². The van der Waals surface area contributed by atoms with Gasteiger partial charge in [-0.15, -0.1) is 0 Å². The lowest BCUT2D eigenvalue weighted by Gasteiger charge is -2.11. The highest BCUT2D eigenvalue weighted by atomic mass is 35.5. The molecule has 0 bridgehead atoms. The summed E-state index contributed by atoms with van der Waals surface area (Å²) in [5.41, 5.74) is 0.943. The van der Waals surface area contributed by atoms with E-state index in [9.17, 15) is 0 Å². The highest BCUT2D eigenvalue weighted by molar-refractivity contribution is 6.33. The van der Waals surface area contributed by atoms with E-state index < -0.39 is 0 Å². The van der Waals surface area contributed by atoms with Crippen molar-refractivity contribution in [2.45, 2.75) is 0 Å². The van der Waals surface area contributed by atoms with E-state index in [1.807, 2.05) is 20.2 Å². The largest absolute Gasteiger partial charge is 0.382 e. The normalized spacial score (nSPS) is 10.5. The Morgan fingerprint density at radius 3 is 2.92 bits per heavy atom. The Morgan fingerprint density at radius 2 is 2.31 bits per heavy atom. The van der Waals surface area contributed by atoms with Gasteiger partial charge in [0.05, 0.1) is 10.7 Å².